The lowest BCUT2D eigenvalue weighted by molar-refractivity contribution is 0.0939. The molecule has 0 bridgehead atoms. The van der Waals surface area contributed by atoms with E-state index in [0.717, 1.165) is 4.70 Å². The number of fused-ring (bicyclic) bond motifs is 1. The second-order valence-electron chi connectivity index (χ2n) is 3.36. The summed E-state index contributed by atoms with van der Waals surface area (Å²) in [6.07, 6.45) is 1.69. The summed E-state index contributed by atoms with van der Waals surface area (Å²) < 4.78 is 0.969. The van der Waals surface area contributed by atoms with Crippen LogP contribution < -0.4 is 0 Å². The van der Waals surface area contributed by atoms with Crippen molar-refractivity contribution in [3.63, 3.8) is 0 Å². The number of carbonyl (C=O) groups excluding carboxylic acids is 1. The number of hydrogen-bond donors (Lipinski definition) is 0. The van der Waals surface area contributed by atoms with Crippen molar-refractivity contribution >= 4 is 27.5 Å². The summed E-state index contributed by atoms with van der Waals surface area (Å²) in [6, 6.07) is 3.78. The molecule has 2 aromatic rings. The standard InChI is InChI=1S/C10H10N2OS/c1-6(2)8(13)10-12-9-7(14-10)4-3-5-11-9/h3-6H,1-2H3. The molecule has 0 aliphatic heterocycles. The molecule has 0 saturated heterocycles. The molecule has 0 aromatic carbocycles. The van der Waals surface area contributed by atoms with E-state index >= 15 is 0 Å². The van der Waals surface area contributed by atoms with Gasteiger partial charge in [0.2, 0.25) is 0 Å². The molecule has 0 aliphatic rings. The van der Waals surface area contributed by atoms with Gasteiger partial charge in [-0.25, -0.2) is 9.97 Å². The number of aromatic nitrogens is 2. The zero-order valence-electron chi connectivity index (χ0n) is 8.02. The van der Waals surface area contributed by atoms with E-state index in [1.54, 1.807) is 6.20 Å². The van der Waals surface area contributed by atoms with Crippen molar-refractivity contribution in [1.82, 2.24) is 9.97 Å². The van der Waals surface area contributed by atoms with Crippen LogP contribution in [0, 0.1) is 5.92 Å². The first-order chi connectivity index (χ1) is 6.68. The van der Waals surface area contributed by atoms with E-state index in [9.17, 15) is 4.79 Å². The maximum absolute atomic E-state index is 11.6. The van der Waals surface area contributed by atoms with Crippen LogP contribution in [0.5, 0.6) is 0 Å². The molecule has 0 amide bonds. The molecule has 0 spiro atoms. The van der Waals surface area contributed by atoms with Crippen LogP contribution in [0.25, 0.3) is 10.3 Å². The molecule has 2 aromatic heterocycles. The highest BCUT2D eigenvalue weighted by atomic mass is 32.1. The minimum absolute atomic E-state index is 0.00411. The lowest BCUT2D eigenvalue weighted by Gasteiger charge is -1.96. The summed E-state index contributed by atoms with van der Waals surface area (Å²) in [5.41, 5.74) is 0.668. The van der Waals surface area contributed by atoms with Crippen LogP contribution in [-0.4, -0.2) is 15.8 Å². The summed E-state index contributed by atoms with van der Waals surface area (Å²) in [6.45, 7) is 3.75. The van der Waals surface area contributed by atoms with Gasteiger partial charge in [0.1, 0.15) is 0 Å². The van der Waals surface area contributed by atoms with E-state index in [1.807, 2.05) is 26.0 Å². The quantitative estimate of drug-likeness (QED) is 0.709. The first-order valence-corrected chi connectivity index (χ1v) is 5.26. The fourth-order valence-corrected chi connectivity index (χ4v) is 2.13. The molecule has 3 nitrogen and oxygen atoms in total. The Kier molecular flexibility index (Phi) is 2.29. The van der Waals surface area contributed by atoms with Crippen LogP contribution in [0.2, 0.25) is 0 Å². The smallest absolute Gasteiger partial charge is 0.193 e. The summed E-state index contributed by atoms with van der Waals surface area (Å²) in [5, 5.41) is 0.564. The van der Waals surface area contributed by atoms with Crippen LogP contribution in [0.15, 0.2) is 18.3 Å². The predicted octanol–water partition coefficient (Wildman–Crippen LogP) is 2.53. The molecule has 0 radical (unpaired) electrons. The lowest BCUT2D eigenvalue weighted by Crippen LogP contribution is -2.06. The Morgan fingerprint density at radius 3 is 2.93 bits per heavy atom. The Morgan fingerprint density at radius 1 is 1.50 bits per heavy atom. The van der Waals surface area contributed by atoms with Gasteiger partial charge in [0.25, 0.3) is 0 Å². The van der Waals surface area contributed by atoms with Crippen LogP contribution in [-0.2, 0) is 0 Å². The third kappa shape index (κ3) is 1.53. The highest BCUT2D eigenvalue weighted by Crippen LogP contribution is 2.21. The van der Waals surface area contributed by atoms with E-state index < -0.39 is 0 Å². The minimum atomic E-state index is -0.00411. The zero-order valence-corrected chi connectivity index (χ0v) is 8.84. The predicted molar refractivity (Wildman–Crippen MR) is 56.6 cm³/mol. The fraction of sp³-hybridized carbons (Fsp3) is 0.300. The summed E-state index contributed by atoms with van der Waals surface area (Å²) in [5.74, 6) is 0.0866. The molecule has 0 saturated carbocycles. The topological polar surface area (TPSA) is 42.9 Å². The average molecular weight is 206 g/mol. The molecular weight excluding hydrogens is 196 g/mol. The Morgan fingerprint density at radius 2 is 2.29 bits per heavy atom. The first kappa shape index (κ1) is 9.27. The van der Waals surface area contributed by atoms with E-state index in [2.05, 4.69) is 9.97 Å². The largest absolute Gasteiger partial charge is 0.291 e. The van der Waals surface area contributed by atoms with Crippen LogP contribution in [0.4, 0.5) is 0 Å². The molecule has 0 atom stereocenters. The highest BCUT2D eigenvalue weighted by molar-refractivity contribution is 7.20. The Balaban J connectivity index is 2.50. The van der Waals surface area contributed by atoms with Gasteiger partial charge in [-0.3, -0.25) is 4.79 Å². The summed E-state index contributed by atoms with van der Waals surface area (Å²) >= 11 is 1.41. The van der Waals surface area contributed by atoms with Gasteiger partial charge in [0, 0.05) is 12.1 Å². The monoisotopic (exact) mass is 206 g/mol. The Hall–Kier alpha value is -1.29. The Bertz CT molecular complexity index is 443. The molecule has 0 aliphatic carbocycles. The zero-order chi connectivity index (χ0) is 10.1. The lowest BCUT2D eigenvalue weighted by atomic mass is 10.1. The van der Waals surface area contributed by atoms with Gasteiger partial charge in [0.05, 0.1) is 4.70 Å². The number of hydrogen-bond acceptors (Lipinski definition) is 4. The number of nitrogens with zero attached hydrogens (tertiary/aromatic N) is 2. The fourth-order valence-electron chi connectivity index (χ4n) is 1.12. The molecular formula is C10H10N2OS. The van der Waals surface area contributed by atoms with Gasteiger partial charge in [-0.05, 0) is 12.1 Å². The number of ketones is 1. The molecule has 4 heteroatoms. The average Bonchev–Trinajstić information content (AvgIpc) is 2.59. The molecule has 72 valence electrons. The van der Waals surface area contributed by atoms with Crippen molar-refractivity contribution < 1.29 is 4.79 Å². The van der Waals surface area contributed by atoms with Crippen molar-refractivity contribution in [2.45, 2.75) is 13.8 Å². The van der Waals surface area contributed by atoms with Crippen LogP contribution >= 0.6 is 11.3 Å². The van der Waals surface area contributed by atoms with E-state index in [0.29, 0.717) is 10.7 Å². The normalized spacial score (nSPS) is 11.1. The van der Waals surface area contributed by atoms with E-state index in [4.69, 9.17) is 0 Å². The molecule has 2 heterocycles. The van der Waals surface area contributed by atoms with Gasteiger partial charge in [-0.1, -0.05) is 13.8 Å². The van der Waals surface area contributed by atoms with Gasteiger partial charge in [-0.2, -0.15) is 0 Å². The van der Waals surface area contributed by atoms with Crippen molar-refractivity contribution in [2.75, 3.05) is 0 Å². The summed E-state index contributed by atoms with van der Waals surface area (Å²) in [4.78, 5) is 19.9. The van der Waals surface area contributed by atoms with Gasteiger partial charge in [-0.15, -0.1) is 11.3 Å². The maximum atomic E-state index is 11.6. The highest BCUT2D eigenvalue weighted by Gasteiger charge is 2.15. The second-order valence-corrected chi connectivity index (χ2v) is 4.39. The molecule has 2 rings (SSSR count). The van der Waals surface area contributed by atoms with Gasteiger partial charge in [0.15, 0.2) is 16.4 Å². The third-order valence-electron chi connectivity index (χ3n) is 1.90. The van der Waals surface area contributed by atoms with Crippen molar-refractivity contribution in [3.05, 3.63) is 23.3 Å². The molecule has 0 unspecified atom stereocenters. The number of pyridine rings is 1. The first-order valence-electron chi connectivity index (χ1n) is 4.44. The van der Waals surface area contributed by atoms with Crippen molar-refractivity contribution in [2.24, 2.45) is 5.92 Å². The number of thiazole rings is 1. The number of rotatable bonds is 2. The van der Waals surface area contributed by atoms with Crippen molar-refractivity contribution in [3.8, 4) is 0 Å². The van der Waals surface area contributed by atoms with Gasteiger partial charge < -0.3 is 0 Å². The SMILES string of the molecule is CC(C)C(=O)c1nc2ncccc2s1. The minimum Gasteiger partial charge on any atom is -0.291 e. The molecule has 0 fully saturated rings. The molecule has 14 heavy (non-hydrogen) atoms. The third-order valence-corrected chi connectivity index (χ3v) is 2.92. The number of Topliss-reactive ketones (excluding diaryl/α,β-unsaturated/α-hetero) is 1. The van der Waals surface area contributed by atoms with Crippen molar-refractivity contribution in [1.29, 1.82) is 0 Å². The van der Waals surface area contributed by atoms with E-state index in [1.165, 1.54) is 11.3 Å². The number of carbonyl (C=O) groups is 1. The summed E-state index contributed by atoms with van der Waals surface area (Å²) in [7, 11) is 0. The van der Waals surface area contributed by atoms with Crippen LogP contribution in [0.1, 0.15) is 23.6 Å². The Labute approximate surface area is 85.8 Å². The molecule has 0 N–H and O–H groups in total. The van der Waals surface area contributed by atoms with E-state index in [-0.39, 0.29) is 11.7 Å². The van der Waals surface area contributed by atoms with Crippen LogP contribution in [0.3, 0.4) is 0 Å². The maximum Gasteiger partial charge on any atom is 0.193 e. The van der Waals surface area contributed by atoms with Gasteiger partial charge >= 0.3 is 0 Å². The second kappa shape index (κ2) is 3.46.